The number of alkyl carbamates (subject to hydrolysis) is 1. The Labute approximate surface area is 129 Å². The molecule has 1 aromatic carbocycles. The van der Waals surface area contributed by atoms with Crippen LogP contribution in [0.2, 0.25) is 0 Å². The maximum Gasteiger partial charge on any atom is 0.407 e. The van der Waals surface area contributed by atoms with Gasteiger partial charge in [-0.15, -0.1) is 12.4 Å². The Morgan fingerprint density at radius 3 is 2.86 bits per heavy atom. The third-order valence-electron chi connectivity index (χ3n) is 4.10. The second kappa shape index (κ2) is 7.09. The molecule has 21 heavy (non-hydrogen) atoms. The minimum absolute atomic E-state index is 0. The van der Waals surface area contributed by atoms with Gasteiger partial charge >= 0.3 is 6.09 Å². The molecule has 2 bridgehead atoms. The van der Waals surface area contributed by atoms with Crippen LogP contribution < -0.4 is 10.6 Å². The summed E-state index contributed by atoms with van der Waals surface area (Å²) in [5.41, 5.74) is 0.921. The van der Waals surface area contributed by atoms with Crippen molar-refractivity contribution < 1.29 is 13.9 Å². The molecule has 0 saturated carbocycles. The third-order valence-corrected chi connectivity index (χ3v) is 4.10. The van der Waals surface area contributed by atoms with E-state index >= 15 is 0 Å². The Kier molecular flexibility index (Phi) is 5.42. The number of fused-ring (bicyclic) bond motifs is 2. The van der Waals surface area contributed by atoms with Crippen molar-refractivity contribution in [3.8, 4) is 0 Å². The lowest BCUT2D eigenvalue weighted by Gasteiger charge is -2.32. The van der Waals surface area contributed by atoms with Crippen LogP contribution in [-0.4, -0.2) is 30.4 Å². The number of nitrogens with one attached hydrogen (secondary N) is 2. The molecule has 1 amide bonds. The lowest BCUT2D eigenvalue weighted by molar-refractivity contribution is 0.111. The van der Waals surface area contributed by atoms with E-state index in [0.717, 1.165) is 18.4 Å². The number of rotatable bonds is 3. The number of carbonyl (C=O) groups is 1. The number of alkyl halides is 1. The maximum absolute atomic E-state index is 14.1. The third kappa shape index (κ3) is 3.86. The molecule has 3 rings (SSSR count). The number of piperidine rings is 1. The van der Waals surface area contributed by atoms with E-state index < -0.39 is 18.3 Å². The van der Waals surface area contributed by atoms with Gasteiger partial charge in [-0.2, -0.15) is 0 Å². The van der Waals surface area contributed by atoms with E-state index in [9.17, 15) is 9.18 Å². The molecule has 2 fully saturated rings. The number of amides is 1. The maximum atomic E-state index is 14.1. The molecule has 4 nitrogen and oxygen atoms in total. The molecule has 2 aliphatic heterocycles. The summed E-state index contributed by atoms with van der Waals surface area (Å²) < 4.78 is 19.3. The zero-order valence-electron chi connectivity index (χ0n) is 11.6. The normalized spacial score (nSPS) is 30.3. The first-order valence-electron chi connectivity index (χ1n) is 7.10. The predicted molar refractivity (Wildman–Crippen MR) is 80.3 cm³/mol. The van der Waals surface area contributed by atoms with Gasteiger partial charge in [-0.05, 0) is 24.8 Å². The minimum Gasteiger partial charge on any atom is -0.445 e. The van der Waals surface area contributed by atoms with Crippen LogP contribution in [0.25, 0.3) is 0 Å². The van der Waals surface area contributed by atoms with Crippen molar-refractivity contribution >= 4 is 18.5 Å². The van der Waals surface area contributed by atoms with Crippen LogP contribution in [0.1, 0.15) is 24.8 Å². The largest absolute Gasteiger partial charge is 0.445 e. The topological polar surface area (TPSA) is 50.4 Å². The van der Waals surface area contributed by atoms with Crippen LogP contribution >= 0.6 is 12.4 Å². The van der Waals surface area contributed by atoms with Gasteiger partial charge in [-0.1, -0.05) is 30.3 Å². The summed E-state index contributed by atoms with van der Waals surface area (Å²) in [5.74, 6) is 0. The molecule has 0 spiro atoms. The zero-order valence-corrected chi connectivity index (χ0v) is 12.4. The lowest BCUT2D eigenvalue weighted by Crippen LogP contribution is -2.56. The highest BCUT2D eigenvalue weighted by Gasteiger charge is 2.42. The van der Waals surface area contributed by atoms with E-state index in [1.165, 1.54) is 0 Å². The molecule has 2 heterocycles. The van der Waals surface area contributed by atoms with Crippen molar-refractivity contribution in [2.75, 3.05) is 0 Å². The standard InChI is InChI=1S/C15H19FN2O2.ClH/c16-14-12-7-6-11(17-12)8-13(14)18-15(19)20-9-10-4-2-1-3-5-10;/h1-5,11-14,17H,6-9H2,(H,18,19);1H/t11-,12+,13+,14-;/m0./s1. The lowest BCUT2D eigenvalue weighted by atomic mass is 9.98. The summed E-state index contributed by atoms with van der Waals surface area (Å²) in [7, 11) is 0. The fourth-order valence-corrected chi connectivity index (χ4v) is 3.06. The highest BCUT2D eigenvalue weighted by Crippen LogP contribution is 2.29. The SMILES string of the molecule is Cl.O=C(N[C@@H]1C[C@@H]2CC[C@@H](N2)[C@@H]1F)OCc1ccccc1. The van der Waals surface area contributed by atoms with Gasteiger partial charge in [-0.3, -0.25) is 0 Å². The van der Waals surface area contributed by atoms with Crippen molar-refractivity contribution in [3.63, 3.8) is 0 Å². The average Bonchev–Trinajstić information content (AvgIpc) is 2.88. The number of hydrogen-bond acceptors (Lipinski definition) is 3. The van der Waals surface area contributed by atoms with Crippen LogP contribution in [0, 0.1) is 0 Å². The van der Waals surface area contributed by atoms with Gasteiger partial charge in [0.05, 0.1) is 6.04 Å². The van der Waals surface area contributed by atoms with Crippen LogP contribution in [-0.2, 0) is 11.3 Å². The average molecular weight is 315 g/mol. The Balaban J connectivity index is 0.00000161. The fraction of sp³-hybridized carbons (Fsp3) is 0.533. The van der Waals surface area contributed by atoms with Crippen molar-refractivity contribution in [2.45, 2.75) is 50.2 Å². The first-order valence-corrected chi connectivity index (χ1v) is 7.10. The van der Waals surface area contributed by atoms with Crippen molar-refractivity contribution in [1.82, 2.24) is 10.6 Å². The van der Waals surface area contributed by atoms with E-state index in [-0.39, 0.29) is 25.1 Å². The highest BCUT2D eigenvalue weighted by atomic mass is 35.5. The highest BCUT2D eigenvalue weighted by molar-refractivity contribution is 5.85. The number of ether oxygens (including phenoxy) is 1. The molecule has 6 heteroatoms. The number of benzene rings is 1. The first-order chi connectivity index (χ1) is 9.72. The Hall–Kier alpha value is -1.33. The molecule has 2 N–H and O–H groups in total. The molecule has 0 unspecified atom stereocenters. The molecule has 2 aliphatic rings. The summed E-state index contributed by atoms with van der Waals surface area (Å²) in [4.78, 5) is 11.7. The van der Waals surface area contributed by atoms with Gasteiger partial charge in [0, 0.05) is 12.1 Å². The smallest absolute Gasteiger partial charge is 0.407 e. The van der Waals surface area contributed by atoms with Crippen molar-refractivity contribution in [1.29, 1.82) is 0 Å². The molecule has 2 saturated heterocycles. The first kappa shape index (κ1) is 16.0. The second-order valence-corrected chi connectivity index (χ2v) is 5.54. The molecule has 1 aromatic rings. The summed E-state index contributed by atoms with van der Waals surface area (Å²) in [6.45, 7) is 0.210. The number of carbonyl (C=O) groups excluding carboxylic acids is 1. The van der Waals surface area contributed by atoms with Crippen LogP contribution in [0.5, 0.6) is 0 Å². The van der Waals surface area contributed by atoms with Gasteiger partial charge in [0.25, 0.3) is 0 Å². The number of hydrogen-bond donors (Lipinski definition) is 2. The van der Waals surface area contributed by atoms with Crippen molar-refractivity contribution in [3.05, 3.63) is 35.9 Å². The van der Waals surface area contributed by atoms with Gasteiger partial charge in [0.2, 0.25) is 0 Å². The van der Waals surface area contributed by atoms with Gasteiger partial charge in [0.1, 0.15) is 12.8 Å². The van der Waals surface area contributed by atoms with Gasteiger partial charge < -0.3 is 15.4 Å². The van der Waals surface area contributed by atoms with E-state index in [4.69, 9.17) is 4.74 Å². The summed E-state index contributed by atoms with van der Waals surface area (Å²) >= 11 is 0. The minimum atomic E-state index is -1.03. The van der Waals surface area contributed by atoms with Crippen molar-refractivity contribution in [2.24, 2.45) is 0 Å². The van der Waals surface area contributed by atoms with E-state index in [1.54, 1.807) is 0 Å². The molecule has 0 aromatic heterocycles. The van der Waals surface area contributed by atoms with E-state index in [0.29, 0.717) is 12.5 Å². The molecular formula is C15H20ClFN2O2. The summed E-state index contributed by atoms with van der Waals surface area (Å²) in [6, 6.07) is 9.22. The number of halogens is 2. The zero-order chi connectivity index (χ0) is 13.9. The fourth-order valence-electron chi connectivity index (χ4n) is 3.06. The van der Waals surface area contributed by atoms with Crippen LogP contribution in [0.15, 0.2) is 30.3 Å². The van der Waals surface area contributed by atoms with Gasteiger partial charge in [-0.25, -0.2) is 9.18 Å². The predicted octanol–water partition coefficient (Wildman–Crippen LogP) is 2.57. The molecule has 116 valence electrons. The second-order valence-electron chi connectivity index (χ2n) is 5.54. The van der Waals surface area contributed by atoms with Crippen LogP contribution in [0.3, 0.4) is 0 Å². The summed E-state index contributed by atoms with van der Waals surface area (Å²) in [6.07, 6.45) is 0.907. The molecule has 4 atom stereocenters. The Bertz CT molecular complexity index is 474. The summed E-state index contributed by atoms with van der Waals surface area (Å²) in [5, 5.41) is 5.90. The van der Waals surface area contributed by atoms with Crippen LogP contribution in [0.4, 0.5) is 9.18 Å². The van der Waals surface area contributed by atoms with Gasteiger partial charge in [0.15, 0.2) is 0 Å². The molecule has 0 radical (unpaired) electrons. The molecular weight excluding hydrogens is 295 g/mol. The van der Waals surface area contributed by atoms with E-state index in [1.807, 2.05) is 30.3 Å². The Morgan fingerprint density at radius 2 is 2.10 bits per heavy atom. The van der Waals surface area contributed by atoms with E-state index in [2.05, 4.69) is 10.6 Å². The Morgan fingerprint density at radius 1 is 1.33 bits per heavy atom. The monoisotopic (exact) mass is 314 g/mol. The quantitative estimate of drug-likeness (QED) is 0.901. The molecule has 0 aliphatic carbocycles.